The lowest BCUT2D eigenvalue weighted by atomic mass is 9.95. The predicted octanol–water partition coefficient (Wildman–Crippen LogP) is 9.26. The van der Waals surface area contributed by atoms with Gasteiger partial charge in [0.25, 0.3) is 0 Å². The van der Waals surface area contributed by atoms with Crippen LogP contribution in [0.4, 0.5) is 0 Å². The molecule has 0 aromatic heterocycles. The van der Waals surface area contributed by atoms with Gasteiger partial charge in [-0.3, -0.25) is 0 Å². The predicted molar refractivity (Wildman–Crippen MR) is 216 cm³/mol. The Labute approximate surface area is 301 Å². The van der Waals surface area contributed by atoms with E-state index in [0.717, 1.165) is 26.1 Å². The summed E-state index contributed by atoms with van der Waals surface area (Å²) in [6.07, 6.45) is 7.15. The van der Waals surface area contributed by atoms with Crippen LogP contribution in [0.5, 0.6) is 0 Å². The maximum absolute atomic E-state index is 6.57. The zero-order valence-electron chi connectivity index (χ0n) is 28.8. The molecule has 0 fully saturated rings. The molecule has 0 amide bonds. The Bertz CT molecular complexity index is 1690. The van der Waals surface area contributed by atoms with E-state index in [2.05, 4.69) is 158 Å². The van der Waals surface area contributed by atoms with Crippen LogP contribution in [0.2, 0.25) is 0 Å². The van der Waals surface area contributed by atoms with E-state index in [1.54, 1.807) is 0 Å². The summed E-state index contributed by atoms with van der Waals surface area (Å²) < 4.78 is 13.1. The van der Waals surface area contributed by atoms with Crippen molar-refractivity contribution in [3.8, 4) is 11.1 Å². The van der Waals surface area contributed by atoms with Crippen LogP contribution in [0.1, 0.15) is 49.7 Å². The SMILES string of the molecule is c1ccc(P(c2ccccc2)c2cccc3c2-c2c(cccc2P(c2ccccc2)c2ccccc2)COCCCCCCCCOC3)cc1. The lowest BCUT2D eigenvalue weighted by Gasteiger charge is -2.29. The molecule has 50 heavy (non-hydrogen) atoms. The molecule has 4 heteroatoms. The lowest BCUT2D eigenvalue weighted by Crippen LogP contribution is -2.27. The molecule has 0 saturated carbocycles. The van der Waals surface area contributed by atoms with Crippen LogP contribution in [0.3, 0.4) is 0 Å². The van der Waals surface area contributed by atoms with E-state index in [1.807, 2.05) is 0 Å². The molecule has 7 rings (SSSR count). The fourth-order valence-corrected chi connectivity index (χ4v) is 12.0. The minimum Gasteiger partial charge on any atom is -0.377 e. The van der Waals surface area contributed by atoms with Crippen LogP contribution in [0.15, 0.2) is 158 Å². The summed E-state index contributed by atoms with van der Waals surface area (Å²) in [4.78, 5) is 0. The number of hydrogen-bond acceptors (Lipinski definition) is 2. The summed E-state index contributed by atoms with van der Waals surface area (Å²) in [6.45, 7) is 2.74. The van der Waals surface area contributed by atoms with Crippen molar-refractivity contribution in [3.63, 3.8) is 0 Å². The first kappa shape index (κ1) is 34.5. The van der Waals surface area contributed by atoms with Gasteiger partial charge >= 0.3 is 0 Å². The van der Waals surface area contributed by atoms with Crippen molar-refractivity contribution in [1.82, 2.24) is 0 Å². The summed E-state index contributed by atoms with van der Waals surface area (Å²) in [5, 5.41) is 8.11. The molecule has 6 aromatic rings. The smallest absolute Gasteiger partial charge is 0.0723 e. The van der Waals surface area contributed by atoms with Crippen LogP contribution in [0, 0.1) is 0 Å². The van der Waals surface area contributed by atoms with E-state index in [4.69, 9.17) is 9.47 Å². The van der Waals surface area contributed by atoms with Gasteiger partial charge in [0.2, 0.25) is 0 Å². The zero-order chi connectivity index (χ0) is 33.8. The summed E-state index contributed by atoms with van der Waals surface area (Å²) >= 11 is 0. The molecule has 0 N–H and O–H groups in total. The lowest BCUT2D eigenvalue weighted by molar-refractivity contribution is 0.113. The summed E-state index contributed by atoms with van der Waals surface area (Å²) in [6, 6.07) is 58.3. The monoisotopic (exact) mass is 692 g/mol. The largest absolute Gasteiger partial charge is 0.377 e. The molecule has 1 heterocycles. The number of hydrogen-bond donors (Lipinski definition) is 0. The van der Waals surface area contributed by atoms with E-state index in [0.29, 0.717) is 13.2 Å². The molecule has 2 nitrogen and oxygen atoms in total. The van der Waals surface area contributed by atoms with Gasteiger partial charge in [-0.15, -0.1) is 0 Å². The van der Waals surface area contributed by atoms with Gasteiger partial charge < -0.3 is 9.47 Å². The van der Waals surface area contributed by atoms with Crippen molar-refractivity contribution in [3.05, 3.63) is 169 Å². The average Bonchev–Trinajstić information content (AvgIpc) is 3.17. The van der Waals surface area contributed by atoms with Gasteiger partial charge in [0.05, 0.1) is 13.2 Å². The second-order valence-corrected chi connectivity index (χ2v) is 17.2. The van der Waals surface area contributed by atoms with E-state index in [1.165, 1.54) is 79.8 Å². The van der Waals surface area contributed by atoms with Gasteiger partial charge in [-0.1, -0.05) is 183 Å². The molecule has 1 aliphatic rings. The van der Waals surface area contributed by atoms with E-state index >= 15 is 0 Å². The fraction of sp³-hybridized carbons (Fsp3) is 0.217. The number of rotatable bonds is 6. The first-order valence-electron chi connectivity index (χ1n) is 18.1. The third-order valence-electron chi connectivity index (χ3n) is 9.39. The highest BCUT2D eigenvalue weighted by Crippen LogP contribution is 2.43. The Hall–Kier alpha value is -3.90. The molecule has 0 radical (unpaired) electrons. The topological polar surface area (TPSA) is 18.5 Å². The molecule has 1 aliphatic heterocycles. The Morgan fingerprint density at radius 3 is 0.980 bits per heavy atom. The van der Waals surface area contributed by atoms with Crippen molar-refractivity contribution >= 4 is 47.7 Å². The molecular weight excluding hydrogens is 646 g/mol. The highest BCUT2D eigenvalue weighted by atomic mass is 31.1. The van der Waals surface area contributed by atoms with Crippen LogP contribution in [0.25, 0.3) is 11.1 Å². The van der Waals surface area contributed by atoms with Gasteiger partial charge in [-0.05, 0) is 82.8 Å². The molecule has 0 aliphatic carbocycles. The van der Waals surface area contributed by atoms with Crippen molar-refractivity contribution < 1.29 is 9.47 Å². The molecule has 252 valence electrons. The molecule has 0 saturated heterocycles. The van der Waals surface area contributed by atoms with E-state index in [9.17, 15) is 0 Å². The second kappa shape index (κ2) is 17.8. The quantitative estimate of drug-likeness (QED) is 0.162. The van der Waals surface area contributed by atoms with Crippen molar-refractivity contribution in [2.24, 2.45) is 0 Å². The van der Waals surface area contributed by atoms with Crippen LogP contribution in [-0.2, 0) is 22.7 Å². The van der Waals surface area contributed by atoms with Crippen molar-refractivity contribution in [2.75, 3.05) is 13.2 Å². The highest BCUT2D eigenvalue weighted by Gasteiger charge is 2.28. The van der Waals surface area contributed by atoms with Gasteiger partial charge in [0, 0.05) is 13.2 Å². The molecule has 0 atom stereocenters. The average molecular weight is 693 g/mol. The van der Waals surface area contributed by atoms with Crippen molar-refractivity contribution in [1.29, 1.82) is 0 Å². The molecular formula is C46H46O2P2. The van der Waals surface area contributed by atoms with E-state index < -0.39 is 15.8 Å². The Morgan fingerprint density at radius 1 is 0.320 bits per heavy atom. The Morgan fingerprint density at radius 2 is 0.640 bits per heavy atom. The third-order valence-corrected chi connectivity index (χ3v) is 14.4. The first-order valence-corrected chi connectivity index (χ1v) is 20.8. The minimum atomic E-state index is -0.880. The highest BCUT2D eigenvalue weighted by molar-refractivity contribution is 7.80. The van der Waals surface area contributed by atoms with Crippen LogP contribution >= 0.6 is 15.8 Å². The Kier molecular flexibility index (Phi) is 12.3. The minimum absolute atomic E-state index is 0.582. The van der Waals surface area contributed by atoms with Crippen LogP contribution < -0.4 is 31.8 Å². The van der Waals surface area contributed by atoms with Gasteiger partial charge in [0.15, 0.2) is 0 Å². The zero-order valence-corrected chi connectivity index (χ0v) is 30.6. The third kappa shape index (κ3) is 8.34. The fourth-order valence-electron chi connectivity index (χ4n) is 7.01. The first-order chi connectivity index (χ1) is 24.9. The second-order valence-electron chi connectivity index (χ2n) is 12.9. The maximum atomic E-state index is 6.57. The molecule has 0 bridgehead atoms. The normalized spacial score (nSPS) is 14.6. The summed E-state index contributed by atoms with van der Waals surface area (Å²) in [7, 11) is -1.76. The molecule has 6 aromatic carbocycles. The standard InChI is InChI=1S/C46H46O2P2/c1-2-4-18-34-48-36-38-22-20-32-44(50(41-27-13-7-14-28-41)42-29-15-8-16-30-42)46(38)45-37(35-47-33-17-3-1)21-19-31-43(45)49(39-23-9-5-10-24-39)40-25-11-6-12-26-40/h5-16,19-32H,1-4,17-18,33-36H2. The summed E-state index contributed by atoms with van der Waals surface area (Å²) in [5.74, 6) is 0. The van der Waals surface area contributed by atoms with Crippen molar-refractivity contribution in [2.45, 2.75) is 51.7 Å². The summed E-state index contributed by atoms with van der Waals surface area (Å²) in [5.41, 5.74) is 5.12. The van der Waals surface area contributed by atoms with E-state index in [-0.39, 0.29) is 0 Å². The molecule has 0 spiro atoms. The number of ether oxygens (including phenoxy) is 2. The molecule has 0 unspecified atom stereocenters. The van der Waals surface area contributed by atoms with Gasteiger partial charge in [-0.25, -0.2) is 0 Å². The van der Waals surface area contributed by atoms with Crippen LogP contribution in [-0.4, -0.2) is 13.2 Å². The van der Waals surface area contributed by atoms with Gasteiger partial charge in [-0.2, -0.15) is 0 Å². The Balaban J connectivity index is 1.51. The number of benzene rings is 6. The number of fused-ring (bicyclic) bond motifs is 3. The van der Waals surface area contributed by atoms with Gasteiger partial charge in [0.1, 0.15) is 0 Å². The maximum Gasteiger partial charge on any atom is 0.0723 e.